The van der Waals surface area contributed by atoms with Crippen LogP contribution in [0.5, 0.6) is 5.75 Å². The lowest BCUT2D eigenvalue weighted by molar-refractivity contribution is -0.404. The number of aromatic hydroxyl groups is 1. The molecule has 0 aromatic heterocycles. The van der Waals surface area contributed by atoms with Crippen LogP contribution in [0.15, 0.2) is 12.1 Å². The van der Waals surface area contributed by atoms with Gasteiger partial charge in [-0.1, -0.05) is 0 Å². The summed E-state index contributed by atoms with van der Waals surface area (Å²) >= 11 is 11.3. The number of halogens is 2. The van der Waals surface area contributed by atoms with E-state index < -0.39 is 37.6 Å². The molecule has 28 heavy (non-hydrogen) atoms. The molecule has 0 bridgehead atoms. The minimum Gasteiger partial charge on any atom is -0.497 e. The maximum absolute atomic E-state index is 10.4. The standard InChI is InChI=1S/C8H16Cl2N2.C6H3N3O7/c9-1-3-11-5-7-12(4-2-10)8-6-11;10-6-4(8(13)14)1-3(7(11)12)2-5(6)9(15)16/h1-8H2;1-2,10H. The molecular weight excluding hydrogens is 421 g/mol. The summed E-state index contributed by atoms with van der Waals surface area (Å²) in [6.07, 6.45) is 0. The number of phenols is 1. The average Bonchev–Trinajstić information content (AvgIpc) is 2.64. The lowest BCUT2D eigenvalue weighted by Crippen LogP contribution is -2.47. The largest absolute Gasteiger partial charge is 0.497 e. The summed E-state index contributed by atoms with van der Waals surface area (Å²) < 4.78 is 0. The van der Waals surface area contributed by atoms with E-state index in [4.69, 9.17) is 28.3 Å². The highest BCUT2D eigenvalue weighted by Crippen LogP contribution is 2.38. The fraction of sp³-hybridized carbons (Fsp3) is 0.571. The number of alkyl halides is 2. The maximum atomic E-state index is 10.4. The van der Waals surface area contributed by atoms with Crippen LogP contribution in [0.25, 0.3) is 0 Å². The molecule has 2 rings (SSSR count). The Balaban J connectivity index is 0.000000292. The van der Waals surface area contributed by atoms with Crippen LogP contribution in [0.4, 0.5) is 17.1 Å². The number of piperazine rings is 1. The summed E-state index contributed by atoms with van der Waals surface area (Å²) in [7, 11) is 0. The van der Waals surface area contributed by atoms with Crippen LogP contribution in [0.1, 0.15) is 0 Å². The number of nitro groups is 3. The minimum atomic E-state index is -1.21. The van der Waals surface area contributed by atoms with Crippen LogP contribution in [-0.4, -0.2) is 80.7 Å². The Bertz CT molecular complexity index is 664. The molecule has 1 aliphatic rings. The first kappa shape index (κ1) is 23.8. The zero-order valence-corrected chi connectivity index (χ0v) is 16.2. The molecule has 1 aromatic rings. The number of phenolic OH excluding ortho intramolecular Hbond substituents is 1. The Morgan fingerprint density at radius 3 is 1.43 bits per heavy atom. The van der Waals surface area contributed by atoms with Crippen LogP contribution < -0.4 is 0 Å². The first-order chi connectivity index (χ1) is 13.2. The molecule has 14 heteroatoms. The summed E-state index contributed by atoms with van der Waals surface area (Å²) in [5.74, 6) is 0.283. The van der Waals surface area contributed by atoms with E-state index in [-0.39, 0.29) is 0 Å². The van der Waals surface area contributed by atoms with Gasteiger partial charge in [0.15, 0.2) is 0 Å². The number of nitrogens with zero attached hydrogens (tertiary/aromatic N) is 5. The second kappa shape index (κ2) is 11.5. The molecule has 1 saturated heterocycles. The van der Waals surface area contributed by atoms with Crippen molar-refractivity contribution in [3.63, 3.8) is 0 Å². The highest BCUT2D eigenvalue weighted by Gasteiger charge is 2.30. The highest BCUT2D eigenvalue weighted by molar-refractivity contribution is 6.18. The third-order valence-corrected chi connectivity index (χ3v) is 4.26. The molecule has 0 saturated carbocycles. The molecule has 0 amide bonds. The Morgan fingerprint density at radius 1 is 0.821 bits per heavy atom. The van der Waals surface area contributed by atoms with Crippen LogP contribution >= 0.6 is 23.2 Å². The van der Waals surface area contributed by atoms with Crippen molar-refractivity contribution in [3.05, 3.63) is 42.5 Å². The van der Waals surface area contributed by atoms with E-state index in [9.17, 15) is 30.3 Å². The molecule has 1 aromatic carbocycles. The average molecular weight is 440 g/mol. The van der Waals surface area contributed by atoms with Crippen molar-refractivity contribution in [2.75, 3.05) is 51.0 Å². The molecule has 0 aliphatic carbocycles. The molecule has 0 unspecified atom stereocenters. The van der Waals surface area contributed by atoms with E-state index in [1.165, 1.54) is 0 Å². The van der Waals surface area contributed by atoms with E-state index >= 15 is 0 Å². The minimum absolute atomic E-state index is 0.447. The van der Waals surface area contributed by atoms with Crippen molar-refractivity contribution >= 4 is 40.3 Å². The van der Waals surface area contributed by atoms with Crippen LogP contribution in [0, 0.1) is 30.3 Å². The van der Waals surface area contributed by atoms with E-state index in [1.807, 2.05) is 0 Å². The molecule has 0 radical (unpaired) electrons. The van der Waals surface area contributed by atoms with Crippen molar-refractivity contribution in [1.82, 2.24) is 9.80 Å². The molecule has 156 valence electrons. The normalized spacial score (nSPS) is 14.8. The van der Waals surface area contributed by atoms with E-state index in [0.717, 1.165) is 51.0 Å². The SMILES string of the molecule is ClCCN1CCN(CCCl)CC1.O=[N+]([O-])c1cc([N+](=O)[O-])c(O)c([N+](=O)[O-])c1. The van der Waals surface area contributed by atoms with Crippen molar-refractivity contribution in [2.24, 2.45) is 0 Å². The van der Waals surface area contributed by atoms with Gasteiger partial charge in [0.05, 0.1) is 26.9 Å². The summed E-state index contributed by atoms with van der Waals surface area (Å²) in [6.45, 7) is 6.62. The van der Waals surface area contributed by atoms with Gasteiger partial charge in [-0.15, -0.1) is 23.2 Å². The van der Waals surface area contributed by atoms with Crippen molar-refractivity contribution in [2.45, 2.75) is 0 Å². The molecule has 0 atom stereocenters. The molecule has 12 nitrogen and oxygen atoms in total. The van der Waals surface area contributed by atoms with Crippen LogP contribution in [0.2, 0.25) is 0 Å². The Labute approximate surface area is 169 Å². The van der Waals surface area contributed by atoms with Gasteiger partial charge in [0.25, 0.3) is 11.4 Å². The zero-order chi connectivity index (χ0) is 21.3. The van der Waals surface area contributed by atoms with Gasteiger partial charge in [0.2, 0.25) is 0 Å². The maximum Gasteiger partial charge on any atom is 0.324 e. The second-order valence-electron chi connectivity index (χ2n) is 5.67. The Kier molecular flexibility index (Phi) is 9.79. The number of hydrogen-bond donors (Lipinski definition) is 1. The third kappa shape index (κ3) is 7.03. The van der Waals surface area contributed by atoms with Crippen molar-refractivity contribution in [1.29, 1.82) is 0 Å². The number of benzene rings is 1. The van der Waals surface area contributed by atoms with E-state index in [1.54, 1.807) is 0 Å². The topological polar surface area (TPSA) is 156 Å². The lowest BCUT2D eigenvalue weighted by atomic mass is 10.2. The van der Waals surface area contributed by atoms with Gasteiger partial charge < -0.3 is 5.11 Å². The number of nitro benzene ring substituents is 3. The Hall–Kier alpha value is -2.28. The summed E-state index contributed by atoms with van der Waals surface area (Å²) in [5.41, 5.74) is -3.00. The monoisotopic (exact) mass is 439 g/mol. The fourth-order valence-electron chi connectivity index (χ4n) is 2.45. The fourth-order valence-corrected chi connectivity index (χ4v) is 2.93. The van der Waals surface area contributed by atoms with Crippen LogP contribution in [0.3, 0.4) is 0 Å². The van der Waals surface area contributed by atoms with Gasteiger partial charge in [-0.3, -0.25) is 40.1 Å². The van der Waals surface area contributed by atoms with E-state index in [2.05, 4.69) is 9.80 Å². The molecular formula is C14H19Cl2N5O7. The van der Waals surface area contributed by atoms with Crippen LogP contribution in [-0.2, 0) is 0 Å². The van der Waals surface area contributed by atoms with E-state index in [0.29, 0.717) is 12.1 Å². The number of hydrogen-bond acceptors (Lipinski definition) is 9. The number of non-ortho nitro benzene ring substituents is 1. The quantitative estimate of drug-likeness (QED) is 0.381. The Morgan fingerprint density at radius 2 is 1.18 bits per heavy atom. The first-order valence-corrected chi connectivity index (χ1v) is 9.15. The van der Waals surface area contributed by atoms with Gasteiger partial charge >= 0.3 is 11.4 Å². The zero-order valence-electron chi connectivity index (χ0n) is 14.7. The summed E-state index contributed by atoms with van der Waals surface area (Å²) in [4.78, 5) is 32.6. The summed E-state index contributed by atoms with van der Waals surface area (Å²) in [5, 5.41) is 40.2. The molecule has 1 N–H and O–H groups in total. The van der Waals surface area contributed by atoms with Gasteiger partial charge in [-0.05, 0) is 0 Å². The summed E-state index contributed by atoms with van der Waals surface area (Å²) in [6, 6.07) is 0.894. The van der Waals surface area contributed by atoms with Gasteiger partial charge in [0.1, 0.15) is 0 Å². The highest BCUT2D eigenvalue weighted by atomic mass is 35.5. The molecule has 1 fully saturated rings. The predicted molar refractivity (Wildman–Crippen MR) is 102 cm³/mol. The third-order valence-electron chi connectivity index (χ3n) is 3.93. The molecule has 1 heterocycles. The van der Waals surface area contributed by atoms with Gasteiger partial charge in [-0.25, -0.2) is 0 Å². The predicted octanol–water partition coefficient (Wildman–Crippen LogP) is 2.20. The molecule has 0 spiro atoms. The smallest absolute Gasteiger partial charge is 0.324 e. The van der Waals surface area contributed by atoms with Crippen molar-refractivity contribution in [3.8, 4) is 5.75 Å². The number of rotatable bonds is 7. The van der Waals surface area contributed by atoms with Gasteiger partial charge in [0, 0.05) is 51.0 Å². The lowest BCUT2D eigenvalue weighted by Gasteiger charge is -2.33. The van der Waals surface area contributed by atoms with Gasteiger partial charge in [-0.2, -0.15) is 0 Å². The van der Waals surface area contributed by atoms with Crippen molar-refractivity contribution < 1.29 is 19.9 Å². The first-order valence-electron chi connectivity index (χ1n) is 8.08. The molecule has 1 aliphatic heterocycles. The second-order valence-corrected chi connectivity index (χ2v) is 6.42.